The second-order valence-corrected chi connectivity index (χ2v) is 4.93. The second kappa shape index (κ2) is 6.88. The first kappa shape index (κ1) is 15.0. The Morgan fingerprint density at radius 2 is 1.95 bits per heavy atom. The first-order valence-electron chi connectivity index (χ1n) is 6.96. The zero-order valence-corrected chi connectivity index (χ0v) is 12.2. The van der Waals surface area contributed by atoms with Crippen LogP contribution in [0.5, 0.6) is 0 Å². The lowest BCUT2D eigenvalue weighted by molar-refractivity contribution is -0.130. The lowest BCUT2D eigenvalue weighted by atomic mass is 10.2. The van der Waals surface area contributed by atoms with Crippen LogP contribution >= 0.6 is 0 Å². The van der Waals surface area contributed by atoms with Crippen molar-refractivity contribution in [1.82, 2.24) is 14.8 Å². The van der Waals surface area contributed by atoms with Crippen molar-refractivity contribution in [2.45, 2.75) is 6.92 Å². The predicted molar refractivity (Wildman–Crippen MR) is 81.1 cm³/mol. The second-order valence-electron chi connectivity index (χ2n) is 4.93. The van der Waals surface area contributed by atoms with Crippen LogP contribution in [-0.4, -0.2) is 59.3 Å². The maximum absolute atomic E-state index is 12.4. The highest BCUT2D eigenvalue weighted by atomic mass is 16.2. The molecule has 2 amide bonds. The van der Waals surface area contributed by atoms with E-state index in [1.54, 1.807) is 41.3 Å². The number of rotatable bonds is 4. The van der Waals surface area contributed by atoms with E-state index in [9.17, 15) is 9.59 Å². The SMILES string of the molecule is C=CCNc1cncc(C(=O)N2CCN(C(C)=O)CC2)c1. The standard InChI is InChI=1S/C15H20N4O2/c1-3-4-17-14-9-13(10-16-11-14)15(21)19-7-5-18(6-8-19)12(2)20/h3,9-11,17H,1,4-8H2,2H3. The van der Waals surface area contributed by atoms with Gasteiger partial charge >= 0.3 is 0 Å². The van der Waals surface area contributed by atoms with Gasteiger partial charge in [0.05, 0.1) is 11.3 Å². The largest absolute Gasteiger partial charge is 0.380 e. The van der Waals surface area contributed by atoms with Crippen LogP contribution in [0.2, 0.25) is 0 Å². The molecule has 0 bridgehead atoms. The first-order chi connectivity index (χ1) is 10.1. The molecule has 112 valence electrons. The van der Waals surface area contributed by atoms with Crippen LogP contribution in [0.4, 0.5) is 5.69 Å². The molecule has 0 spiro atoms. The van der Waals surface area contributed by atoms with Crippen LogP contribution in [0.1, 0.15) is 17.3 Å². The zero-order valence-electron chi connectivity index (χ0n) is 12.2. The Bertz CT molecular complexity index is 536. The van der Waals surface area contributed by atoms with Crippen molar-refractivity contribution >= 4 is 17.5 Å². The van der Waals surface area contributed by atoms with Gasteiger partial charge in [-0.05, 0) is 6.07 Å². The summed E-state index contributed by atoms with van der Waals surface area (Å²) in [6.07, 6.45) is 4.99. The highest BCUT2D eigenvalue weighted by Gasteiger charge is 2.23. The molecule has 1 aliphatic rings. The molecular formula is C15H20N4O2. The number of carbonyl (C=O) groups excluding carboxylic acids is 2. The fourth-order valence-corrected chi connectivity index (χ4v) is 2.25. The van der Waals surface area contributed by atoms with E-state index < -0.39 is 0 Å². The molecule has 2 heterocycles. The first-order valence-corrected chi connectivity index (χ1v) is 6.96. The fraction of sp³-hybridized carbons (Fsp3) is 0.400. The molecule has 6 heteroatoms. The molecule has 1 aromatic rings. The summed E-state index contributed by atoms with van der Waals surface area (Å²) in [6.45, 7) is 8.10. The molecular weight excluding hydrogens is 268 g/mol. The Kier molecular flexibility index (Phi) is 4.92. The molecule has 1 aliphatic heterocycles. The average Bonchev–Trinajstić information content (AvgIpc) is 2.52. The summed E-state index contributed by atoms with van der Waals surface area (Å²) >= 11 is 0. The van der Waals surface area contributed by atoms with Gasteiger partial charge in [-0.25, -0.2) is 0 Å². The Hall–Kier alpha value is -2.37. The normalized spacial score (nSPS) is 14.7. The lowest BCUT2D eigenvalue weighted by Crippen LogP contribution is -2.50. The van der Waals surface area contributed by atoms with Crippen LogP contribution in [0.3, 0.4) is 0 Å². The maximum Gasteiger partial charge on any atom is 0.255 e. The van der Waals surface area contributed by atoms with Gasteiger partial charge in [0, 0.05) is 52.0 Å². The van der Waals surface area contributed by atoms with Gasteiger partial charge in [0.25, 0.3) is 5.91 Å². The summed E-state index contributed by atoms with van der Waals surface area (Å²) in [5, 5.41) is 3.11. The molecule has 0 radical (unpaired) electrons. The van der Waals surface area contributed by atoms with Gasteiger partial charge in [0.1, 0.15) is 0 Å². The van der Waals surface area contributed by atoms with Gasteiger partial charge in [0.2, 0.25) is 5.91 Å². The van der Waals surface area contributed by atoms with Crippen LogP contribution in [0, 0.1) is 0 Å². The van der Waals surface area contributed by atoms with E-state index in [0.717, 1.165) is 5.69 Å². The van der Waals surface area contributed by atoms with Crippen molar-refractivity contribution in [3.05, 3.63) is 36.7 Å². The van der Waals surface area contributed by atoms with E-state index in [0.29, 0.717) is 38.3 Å². The molecule has 21 heavy (non-hydrogen) atoms. The summed E-state index contributed by atoms with van der Waals surface area (Å²) in [6, 6.07) is 1.79. The molecule has 0 unspecified atom stereocenters. The summed E-state index contributed by atoms with van der Waals surface area (Å²) < 4.78 is 0. The van der Waals surface area contributed by atoms with E-state index in [-0.39, 0.29) is 11.8 Å². The van der Waals surface area contributed by atoms with Crippen LogP contribution < -0.4 is 5.32 Å². The molecule has 0 aliphatic carbocycles. The number of amides is 2. The van der Waals surface area contributed by atoms with Crippen LogP contribution in [0.15, 0.2) is 31.1 Å². The van der Waals surface area contributed by atoms with E-state index in [2.05, 4.69) is 16.9 Å². The number of nitrogens with one attached hydrogen (secondary N) is 1. The Balaban J connectivity index is 2.00. The summed E-state index contributed by atoms with van der Waals surface area (Å²) in [4.78, 5) is 31.3. The van der Waals surface area contributed by atoms with Gasteiger partial charge in [-0.3, -0.25) is 14.6 Å². The van der Waals surface area contributed by atoms with Crippen molar-refractivity contribution in [1.29, 1.82) is 0 Å². The van der Waals surface area contributed by atoms with Gasteiger partial charge < -0.3 is 15.1 Å². The minimum absolute atomic E-state index is 0.0482. The Morgan fingerprint density at radius 1 is 1.29 bits per heavy atom. The summed E-state index contributed by atoms with van der Waals surface area (Å²) in [5.74, 6) is 0.00680. The minimum Gasteiger partial charge on any atom is -0.380 e. The molecule has 1 fully saturated rings. The van der Waals surface area contributed by atoms with Crippen LogP contribution in [0.25, 0.3) is 0 Å². The van der Waals surface area contributed by atoms with Crippen molar-refractivity contribution in [2.24, 2.45) is 0 Å². The molecule has 1 saturated heterocycles. The summed E-state index contributed by atoms with van der Waals surface area (Å²) in [5.41, 5.74) is 1.35. The molecule has 0 saturated carbocycles. The van der Waals surface area contributed by atoms with E-state index >= 15 is 0 Å². The minimum atomic E-state index is -0.0482. The molecule has 0 atom stereocenters. The highest BCUT2D eigenvalue weighted by molar-refractivity contribution is 5.95. The number of piperazine rings is 1. The summed E-state index contributed by atoms with van der Waals surface area (Å²) in [7, 11) is 0. The van der Waals surface area contributed by atoms with Crippen LogP contribution in [-0.2, 0) is 4.79 Å². The number of hydrogen-bond donors (Lipinski definition) is 1. The topological polar surface area (TPSA) is 65.5 Å². The fourth-order valence-electron chi connectivity index (χ4n) is 2.25. The van der Waals surface area contributed by atoms with Gasteiger partial charge in [-0.2, -0.15) is 0 Å². The number of aromatic nitrogens is 1. The molecule has 0 aromatic carbocycles. The molecule has 6 nitrogen and oxygen atoms in total. The predicted octanol–water partition coefficient (Wildman–Crippen LogP) is 0.984. The van der Waals surface area contributed by atoms with Gasteiger partial charge in [0.15, 0.2) is 0 Å². The van der Waals surface area contributed by atoms with Gasteiger partial charge in [-0.15, -0.1) is 6.58 Å². The maximum atomic E-state index is 12.4. The van der Waals surface area contributed by atoms with Gasteiger partial charge in [-0.1, -0.05) is 6.08 Å². The Morgan fingerprint density at radius 3 is 2.57 bits per heavy atom. The van der Waals surface area contributed by atoms with E-state index in [4.69, 9.17) is 0 Å². The highest BCUT2D eigenvalue weighted by Crippen LogP contribution is 2.12. The number of nitrogens with zero attached hydrogens (tertiary/aromatic N) is 3. The van der Waals surface area contributed by atoms with Crippen molar-refractivity contribution in [3.8, 4) is 0 Å². The van der Waals surface area contributed by atoms with Crippen molar-refractivity contribution in [2.75, 3.05) is 38.0 Å². The van der Waals surface area contributed by atoms with Crippen molar-refractivity contribution in [3.63, 3.8) is 0 Å². The molecule has 2 rings (SSSR count). The number of anilines is 1. The Labute approximate surface area is 124 Å². The third-order valence-electron chi connectivity index (χ3n) is 3.45. The smallest absolute Gasteiger partial charge is 0.255 e. The lowest BCUT2D eigenvalue weighted by Gasteiger charge is -2.34. The van der Waals surface area contributed by atoms with Crippen molar-refractivity contribution < 1.29 is 9.59 Å². The van der Waals surface area contributed by atoms with E-state index in [1.807, 2.05) is 0 Å². The quantitative estimate of drug-likeness (QED) is 0.839. The number of carbonyl (C=O) groups is 2. The van der Waals surface area contributed by atoms with E-state index in [1.165, 1.54) is 0 Å². The average molecular weight is 288 g/mol. The monoisotopic (exact) mass is 288 g/mol. The zero-order chi connectivity index (χ0) is 15.2. The molecule has 1 N–H and O–H groups in total. The third kappa shape index (κ3) is 3.81. The number of hydrogen-bond acceptors (Lipinski definition) is 4. The molecule has 1 aromatic heterocycles. The third-order valence-corrected chi connectivity index (χ3v) is 3.45. The number of pyridine rings is 1.